The van der Waals surface area contributed by atoms with Crippen molar-refractivity contribution in [1.29, 1.82) is 0 Å². The van der Waals surface area contributed by atoms with Gasteiger partial charge in [-0.25, -0.2) is 9.18 Å². The molecule has 0 spiro atoms. The van der Waals surface area contributed by atoms with E-state index in [1.54, 1.807) is 0 Å². The Balaban J connectivity index is 3.58. The van der Waals surface area contributed by atoms with Crippen LogP contribution in [0.5, 0.6) is 0 Å². The maximum Gasteiger partial charge on any atom is 0.305 e. The fourth-order valence-electron chi connectivity index (χ4n) is 1.41. The Bertz CT molecular complexity index is 523. The first kappa shape index (κ1) is 12.9. The Morgan fingerprint density at radius 1 is 1.41 bits per heavy atom. The molecule has 0 aromatic heterocycles. The number of nitro benzene ring substituents is 1. The molecule has 0 aliphatic heterocycles. The molecule has 0 atom stereocenters. The summed E-state index contributed by atoms with van der Waals surface area (Å²) >= 11 is 0. The maximum absolute atomic E-state index is 13.7. The molecular weight excluding hydrogens is 234 g/mol. The smallest absolute Gasteiger partial charge is 0.258 e. The molecule has 7 heteroatoms. The van der Waals surface area contributed by atoms with E-state index in [0.717, 1.165) is 12.1 Å². The van der Waals surface area contributed by atoms with Gasteiger partial charge in [0.1, 0.15) is 5.82 Å². The molecule has 0 aliphatic carbocycles. The monoisotopic (exact) mass is 242 g/mol. The second-order valence-corrected chi connectivity index (χ2v) is 3.77. The lowest BCUT2D eigenvalue weighted by molar-refractivity contribution is -0.387. The van der Waals surface area contributed by atoms with Crippen molar-refractivity contribution >= 4 is 11.8 Å². The quantitative estimate of drug-likeness (QED) is 0.353. The van der Waals surface area contributed by atoms with E-state index in [-0.39, 0.29) is 0 Å². The van der Waals surface area contributed by atoms with E-state index in [9.17, 15) is 23.7 Å². The van der Waals surface area contributed by atoms with Crippen molar-refractivity contribution in [1.82, 2.24) is 0 Å². The number of hydrogen-bond donors (Lipinski definition) is 0. The summed E-state index contributed by atoms with van der Waals surface area (Å²) in [6.07, 6.45) is 1.18. The number of rotatable bonds is 3. The van der Waals surface area contributed by atoms with Crippen LogP contribution < -0.4 is 0 Å². The SMILES string of the molecule is CC(C)(N=C=O)c1c(F)ccc([N+](=O)[O-])c1F. The topological polar surface area (TPSA) is 72.6 Å². The van der Waals surface area contributed by atoms with Gasteiger partial charge in [-0.15, -0.1) is 0 Å². The Labute approximate surface area is 94.9 Å². The van der Waals surface area contributed by atoms with Crippen LogP contribution in [0.2, 0.25) is 0 Å². The first-order valence-corrected chi connectivity index (χ1v) is 4.53. The lowest BCUT2D eigenvalue weighted by Crippen LogP contribution is -2.19. The van der Waals surface area contributed by atoms with Crippen LogP contribution in [0, 0.1) is 21.7 Å². The third kappa shape index (κ3) is 2.34. The fourth-order valence-corrected chi connectivity index (χ4v) is 1.41. The summed E-state index contributed by atoms with van der Waals surface area (Å²) < 4.78 is 27.2. The predicted molar refractivity (Wildman–Crippen MR) is 54.2 cm³/mol. The minimum atomic E-state index is -1.55. The summed E-state index contributed by atoms with van der Waals surface area (Å²) in [4.78, 5) is 22.9. The molecule has 0 amide bonds. The molecule has 1 aromatic carbocycles. The van der Waals surface area contributed by atoms with E-state index >= 15 is 0 Å². The van der Waals surface area contributed by atoms with Gasteiger partial charge in [-0.05, 0) is 19.9 Å². The Kier molecular flexibility index (Phi) is 3.34. The highest BCUT2D eigenvalue weighted by Crippen LogP contribution is 2.33. The maximum atomic E-state index is 13.7. The molecular formula is C10H8F2N2O3. The van der Waals surface area contributed by atoms with E-state index in [4.69, 9.17) is 0 Å². The van der Waals surface area contributed by atoms with Crippen LogP contribution in [-0.4, -0.2) is 11.0 Å². The third-order valence-corrected chi connectivity index (χ3v) is 2.20. The minimum absolute atomic E-state index is 0.630. The van der Waals surface area contributed by atoms with E-state index in [1.165, 1.54) is 19.9 Å². The van der Waals surface area contributed by atoms with E-state index in [1.807, 2.05) is 0 Å². The van der Waals surface area contributed by atoms with Crippen molar-refractivity contribution < 1.29 is 18.5 Å². The van der Waals surface area contributed by atoms with E-state index in [0.29, 0.717) is 0 Å². The zero-order valence-electron chi connectivity index (χ0n) is 9.03. The van der Waals surface area contributed by atoms with E-state index in [2.05, 4.69) is 4.99 Å². The molecule has 0 radical (unpaired) electrons. The van der Waals surface area contributed by atoms with E-state index < -0.39 is 33.3 Å². The molecule has 17 heavy (non-hydrogen) atoms. The second kappa shape index (κ2) is 4.39. The number of nitro groups is 1. The first-order valence-electron chi connectivity index (χ1n) is 4.53. The fraction of sp³-hybridized carbons (Fsp3) is 0.300. The molecule has 5 nitrogen and oxygen atoms in total. The van der Waals surface area contributed by atoms with Crippen molar-refractivity contribution in [3.63, 3.8) is 0 Å². The van der Waals surface area contributed by atoms with Gasteiger partial charge >= 0.3 is 5.69 Å². The van der Waals surface area contributed by atoms with Gasteiger partial charge in [0.25, 0.3) is 0 Å². The highest BCUT2D eigenvalue weighted by molar-refractivity contribution is 5.43. The summed E-state index contributed by atoms with van der Waals surface area (Å²) in [5.41, 5.74) is -3.05. The molecule has 0 aliphatic rings. The molecule has 1 rings (SSSR count). The van der Waals surface area contributed by atoms with Gasteiger partial charge in [-0.3, -0.25) is 10.1 Å². The van der Waals surface area contributed by atoms with Gasteiger partial charge in [0.2, 0.25) is 11.9 Å². The molecule has 0 saturated carbocycles. The van der Waals surface area contributed by atoms with Crippen LogP contribution in [0.15, 0.2) is 17.1 Å². The summed E-state index contributed by atoms with van der Waals surface area (Å²) in [6, 6.07) is 1.48. The van der Waals surface area contributed by atoms with Gasteiger partial charge in [-0.1, -0.05) is 0 Å². The lowest BCUT2D eigenvalue weighted by Gasteiger charge is -2.18. The number of nitrogens with zero attached hydrogens (tertiary/aromatic N) is 2. The van der Waals surface area contributed by atoms with Gasteiger partial charge in [-0.2, -0.15) is 9.38 Å². The van der Waals surface area contributed by atoms with Crippen LogP contribution >= 0.6 is 0 Å². The molecule has 0 N–H and O–H groups in total. The molecule has 1 aromatic rings. The molecule has 0 fully saturated rings. The number of aliphatic imine (C=N–C) groups is 1. The summed E-state index contributed by atoms with van der Waals surface area (Å²) in [5, 5.41) is 10.5. The summed E-state index contributed by atoms with van der Waals surface area (Å²) in [6.45, 7) is 2.51. The highest BCUT2D eigenvalue weighted by Gasteiger charge is 2.32. The number of halogens is 2. The molecule has 0 bridgehead atoms. The third-order valence-electron chi connectivity index (χ3n) is 2.20. The average Bonchev–Trinajstić information content (AvgIpc) is 2.15. The van der Waals surface area contributed by atoms with Gasteiger partial charge < -0.3 is 0 Å². The van der Waals surface area contributed by atoms with Crippen LogP contribution in [0.4, 0.5) is 14.5 Å². The molecule has 0 unspecified atom stereocenters. The van der Waals surface area contributed by atoms with Gasteiger partial charge in [0, 0.05) is 6.07 Å². The van der Waals surface area contributed by atoms with Gasteiger partial charge in [0.15, 0.2) is 0 Å². The summed E-state index contributed by atoms with van der Waals surface area (Å²) in [5.74, 6) is -2.34. The average molecular weight is 242 g/mol. The van der Waals surface area contributed by atoms with Crippen LogP contribution in [0.3, 0.4) is 0 Å². The zero-order chi connectivity index (χ0) is 13.2. The van der Waals surface area contributed by atoms with Crippen LogP contribution in [0.1, 0.15) is 19.4 Å². The van der Waals surface area contributed by atoms with Crippen LogP contribution in [0.25, 0.3) is 0 Å². The summed E-state index contributed by atoms with van der Waals surface area (Å²) in [7, 11) is 0. The highest BCUT2D eigenvalue weighted by atomic mass is 19.1. The molecule has 0 saturated heterocycles. The number of hydrogen-bond acceptors (Lipinski definition) is 4. The van der Waals surface area contributed by atoms with Crippen molar-refractivity contribution in [2.75, 3.05) is 0 Å². The second-order valence-electron chi connectivity index (χ2n) is 3.77. The Morgan fingerprint density at radius 2 is 2.00 bits per heavy atom. The molecule has 0 heterocycles. The van der Waals surface area contributed by atoms with Crippen molar-refractivity contribution in [3.05, 3.63) is 39.4 Å². The lowest BCUT2D eigenvalue weighted by atomic mass is 9.93. The van der Waals surface area contributed by atoms with Crippen molar-refractivity contribution in [3.8, 4) is 0 Å². The number of carbonyl (C=O) groups excluding carboxylic acids is 1. The predicted octanol–water partition coefficient (Wildman–Crippen LogP) is 2.44. The Hall–Kier alpha value is -2.14. The van der Waals surface area contributed by atoms with Crippen molar-refractivity contribution in [2.45, 2.75) is 19.4 Å². The molecule has 90 valence electrons. The minimum Gasteiger partial charge on any atom is -0.258 e. The largest absolute Gasteiger partial charge is 0.305 e. The Morgan fingerprint density at radius 3 is 2.47 bits per heavy atom. The standard InChI is InChI=1S/C10H8F2N2O3/c1-10(2,13-5-15)8-6(11)3-4-7(9(8)12)14(16)17/h3-4H,1-2H3. The normalized spacial score (nSPS) is 10.8. The first-order chi connectivity index (χ1) is 7.81. The van der Waals surface area contributed by atoms with Crippen LogP contribution in [-0.2, 0) is 10.3 Å². The zero-order valence-corrected chi connectivity index (χ0v) is 9.03. The number of benzene rings is 1. The van der Waals surface area contributed by atoms with Gasteiger partial charge in [0.05, 0.1) is 16.0 Å². The van der Waals surface area contributed by atoms with Crippen molar-refractivity contribution in [2.24, 2.45) is 4.99 Å². The number of isocyanates is 1.